The van der Waals surface area contributed by atoms with Gasteiger partial charge in [0.2, 0.25) is 0 Å². The van der Waals surface area contributed by atoms with E-state index in [2.05, 4.69) is 34.1 Å². The van der Waals surface area contributed by atoms with Crippen LogP contribution >= 0.6 is 11.6 Å². The van der Waals surface area contributed by atoms with E-state index in [0.717, 1.165) is 43.2 Å². The second-order valence-corrected chi connectivity index (χ2v) is 7.40. The normalized spacial score (nSPS) is 18.6. The Morgan fingerprint density at radius 2 is 1.68 bits per heavy atom. The molecule has 1 unspecified atom stereocenters. The van der Waals surface area contributed by atoms with E-state index in [-0.39, 0.29) is 0 Å². The molecule has 148 valence electrons. The first kappa shape index (κ1) is 18.8. The fourth-order valence-electron chi connectivity index (χ4n) is 4.09. The van der Waals surface area contributed by atoms with Gasteiger partial charge in [-0.3, -0.25) is 0 Å². The van der Waals surface area contributed by atoms with Gasteiger partial charge in [0.05, 0.1) is 38.9 Å². The van der Waals surface area contributed by atoms with Gasteiger partial charge in [-0.25, -0.2) is 0 Å². The fourth-order valence-corrected chi connectivity index (χ4v) is 4.29. The smallest absolute Gasteiger partial charge is 0.161 e. The van der Waals surface area contributed by atoms with E-state index in [1.54, 1.807) is 21.3 Å². The molecule has 0 aliphatic carbocycles. The number of nitrogens with zero attached hydrogens (tertiary/aromatic N) is 2. The maximum Gasteiger partial charge on any atom is 0.161 e. The number of piperazine rings is 1. The van der Waals surface area contributed by atoms with Crippen molar-refractivity contribution in [3.05, 3.63) is 58.8 Å². The SMILES string of the molecule is COc1cc(N2CCN3C(=CCC3c3ccc(OC)c(OC)c3)C2)ccc1Cl. The van der Waals surface area contributed by atoms with Crippen LogP contribution in [-0.2, 0) is 0 Å². The van der Waals surface area contributed by atoms with Gasteiger partial charge in [-0.05, 0) is 36.2 Å². The third kappa shape index (κ3) is 3.35. The number of ether oxygens (including phenoxy) is 3. The monoisotopic (exact) mass is 400 g/mol. The molecule has 0 bridgehead atoms. The molecule has 0 radical (unpaired) electrons. The minimum Gasteiger partial charge on any atom is -0.495 e. The van der Waals surface area contributed by atoms with Gasteiger partial charge >= 0.3 is 0 Å². The minimum absolute atomic E-state index is 0.344. The zero-order valence-corrected chi connectivity index (χ0v) is 17.2. The van der Waals surface area contributed by atoms with Crippen LogP contribution in [0.2, 0.25) is 5.02 Å². The molecule has 2 aromatic rings. The first-order valence-corrected chi connectivity index (χ1v) is 9.78. The van der Waals surface area contributed by atoms with Gasteiger partial charge in [-0.1, -0.05) is 23.7 Å². The molecule has 0 aromatic heterocycles. The van der Waals surface area contributed by atoms with E-state index in [1.165, 1.54) is 11.3 Å². The van der Waals surface area contributed by atoms with Crippen molar-refractivity contribution in [1.29, 1.82) is 0 Å². The van der Waals surface area contributed by atoms with Gasteiger partial charge in [-0.2, -0.15) is 0 Å². The Labute approximate surface area is 171 Å². The zero-order chi connectivity index (χ0) is 19.7. The molecule has 28 heavy (non-hydrogen) atoms. The van der Waals surface area contributed by atoms with Crippen molar-refractivity contribution in [2.24, 2.45) is 0 Å². The zero-order valence-electron chi connectivity index (χ0n) is 16.4. The molecule has 6 heteroatoms. The molecule has 1 atom stereocenters. The molecule has 0 saturated carbocycles. The van der Waals surface area contributed by atoms with Crippen LogP contribution in [0.25, 0.3) is 0 Å². The van der Waals surface area contributed by atoms with Crippen LogP contribution in [0.3, 0.4) is 0 Å². The third-order valence-corrected chi connectivity index (χ3v) is 5.89. The standard InChI is InChI=1S/C22H25ClN2O3/c1-26-20-9-4-15(12-22(20)28-3)19-8-6-17-14-24(10-11-25(17)19)16-5-7-18(23)21(13-16)27-2/h4-7,9,12-13,19H,8,10-11,14H2,1-3H3. The van der Waals surface area contributed by atoms with Gasteiger partial charge in [-0.15, -0.1) is 0 Å². The maximum absolute atomic E-state index is 6.18. The van der Waals surface area contributed by atoms with E-state index < -0.39 is 0 Å². The predicted octanol–water partition coefficient (Wildman–Crippen LogP) is 4.52. The number of benzene rings is 2. The quantitative estimate of drug-likeness (QED) is 0.737. The highest BCUT2D eigenvalue weighted by Crippen LogP contribution is 2.40. The molecular weight excluding hydrogens is 376 g/mol. The van der Waals surface area contributed by atoms with Crippen LogP contribution in [0.4, 0.5) is 5.69 Å². The summed E-state index contributed by atoms with van der Waals surface area (Å²) in [6.45, 7) is 2.80. The van der Waals surface area contributed by atoms with E-state index in [9.17, 15) is 0 Å². The third-order valence-electron chi connectivity index (χ3n) is 5.58. The molecular formula is C22H25ClN2O3. The largest absolute Gasteiger partial charge is 0.495 e. The maximum atomic E-state index is 6.18. The van der Waals surface area contributed by atoms with Crippen molar-refractivity contribution in [3.8, 4) is 17.2 Å². The highest BCUT2D eigenvalue weighted by molar-refractivity contribution is 6.32. The second kappa shape index (κ2) is 7.84. The van der Waals surface area contributed by atoms with Crippen LogP contribution in [0.5, 0.6) is 17.2 Å². The molecule has 1 fully saturated rings. The lowest BCUT2D eigenvalue weighted by molar-refractivity contribution is 0.263. The van der Waals surface area contributed by atoms with Crippen LogP contribution in [0.1, 0.15) is 18.0 Å². The Bertz CT molecular complexity index is 899. The van der Waals surface area contributed by atoms with Gasteiger partial charge in [0.15, 0.2) is 11.5 Å². The lowest BCUT2D eigenvalue weighted by Crippen LogP contribution is -2.44. The van der Waals surface area contributed by atoms with Crippen LogP contribution in [0.15, 0.2) is 48.2 Å². The summed E-state index contributed by atoms with van der Waals surface area (Å²) in [6, 6.07) is 12.5. The van der Waals surface area contributed by atoms with Crippen LogP contribution in [0, 0.1) is 0 Å². The summed E-state index contributed by atoms with van der Waals surface area (Å²) in [5.74, 6) is 2.25. The minimum atomic E-state index is 0.344. The van der Waals surface area contributed by atoms with Crippen molar-refractivity contribution in [1.82, 2.24) is 4.90 Å². The number of fused-ring (bicyclic) bond motifs is 1. The number of hydrogen-bond acceptors (Lipinski definition) is 5. The fraction of sp³-hybridized carbons (Fsp3) is 0.364. The summed E-state index contributed by atoms with van der Waals surface area (Å²) in [4.78, 5) is 4.88. The Morgan fingerprint density at radius 3 is 2.43 bits per heavy atom. The van der Waals surface area contributed by atoms with Gasteiger partial charge in [0.25, 0.3) is 0 Å². The van der Waals surface area contributed by atoms with Crippen molar-refractivity contribution < 1.29 is 14.2 Å². The number of methoxy groups -OCH3 is 3. The molecule has 2 heterocycles. The average molecular weight is 401 g/mol. The molecule has 4 rings (SSSR count). The highest BCUT2D eigenvalue weighted by atomic mass is 35.5. The lowest BCUT2D eigenvalue weighted by Gasteiger charge is -2.40. The first-order valence-electron chi connectivity index (χ1n) is 9.40. The van der Waals surface area contributed by atoms with Crippen molar-refractivity contribution >= 4 is 17.3 Å². The molecule has 0 N–H and O–H groups in total. The molecule has 2 aliphatic heterocycles. The summed E-state index contributed by atoms with van der Waals surface area (Å²) in [6.07, 6.45) is 3.35. The topological polar surface area (TPSA) is 34.2 Å². The van der Waals surface area contributed by atoms with Crippen molar-refractivity contribution in [2.75, 3.05) is 45.9 Å². The molecule has 1 saturated heterocycles. The molecule has 2 aliphatic rings. The van der Waals surface area contributed by atoms with E-state index in [1.807, 2.05) is 18.2 Å². The Morgan fingerprint density at radius 1 is 0.893 bits per heavy atom. The van der Waals surface area contributed by atoms with E-state index >= 15 is 0 Å². The summed E-state index contributed by atoms with van der Waals surface area (Å²) < 4.78 is 16.2. The Hall–Kier alpha value is -2.53. The van der Waals surface area contributed by atoms with Crippen LogP contribution in [-0.4, -0.2) is 45.9 Å². The second-order valence-electron chi connectivity index (χ2n) is 7.00. The first-order chi connectivity index (χ1) is 13.6. The number of rotatable bonds is 5. The molecule has 2 aromatic carbocycles. The van der Waals surface area contributed by atoms with E-state index in [0.29, 0.717) is 16.8 Å². The average Bonchev–Trinajstić information content (AvgIpc) is 3.16. The highest BCUT2D eigenvalue weighted by Gasteiger charge is 2.32. The summed E-state index contributed by atoms with van der Waals surface area (Å²) in [5, 5.41) is 0.637. The molecule has 0 amide bonds. The van der Waals surface area contributed by atoms with Crippen molar-refractivity contribution in [2.45, 2.75) is 12.5 Å². The van der Waals surface area contributed by atoms with Gasteiger partial charge in [0.1, 0.15) is 5.75 Å². The van der Waals surface area contributed by atoms with Gasteiger partial charge in [0, 0.05) is 30.5 Å². The van der Waals surface area contributed by atoms with Gasteiger partial charge < -0.3 is 24.0 Å². The number of anilines is 1. The molecule has 5 nitrogen and oxygen atoms in total. The van der Waals surface area contributed by atoms with E-state index in [4.69, 9.17) is 25.8 Å². The predicted molar refractivity (Wildman–Crippen MR) is 112 cm³/mol. The Balaban J connectivity index is 1.51. The molecule has 0 spiro atoms. The number of halogens is 1. The summed E-state index contributed by atoms with van der Waals surface area (Å²) in [7, 11) is 4.99. The van der Waals surface area contributed by atoms with Crippen molar-refractivity contribution in [3.63, 3.8) is 0 Å². The summed E-state index contributed by atoms with van der Waals surface area (Å²) >= 11 is 6.18. The number of hydrogen-bond donors (Lipinski definition) is 0. The lowest BCUT2D eigenvalue weighted by atomic mass is 10.0. The summed E-state index contributed by atoms with van der Waals surface area (Å²) in [5.41, 5.74) is 3.75. The van der Waals surface area contributed by atoms with Crippen LogP contribution < -0.4 is 19.1 Å². The Kier molecular flexibility index (Phi) is 5.27.